The van der Waals surface area contributed by atoms with Crippen molar-refractivity contribution in [2.45, 2.75) is 45.6 Å². The van der Waals surface area contributed by atoms with Gasteiger partial charge >= 0.3 is 0 Å². The van der Waals surface area contributed by atoms with E-state index in [0.717, 1.165) is 19.3 Å². The maximum Gasteiger partial charge on any atom is 0.277 e. The Hall–Kier alpha value is -0.130. The van der Waals surface area contributed by atoms with Crippen LogP contribution in [0, 0.1) is 5.92 Å². The largest absolute Gasteiger partial charge is 0.277 e. The van der Waals surface area contributed by atoms with Crippen LogP contribution in [0.4, 0.5) is 0 Å². The molecule has 1 aliphatic carbocycles. The van der Waals surface area contributed by atoms with Gasteiger partial charge in [0.1, 0.15) is 0 Å². The Morgan fingerprint density at radius 2 is 1.93 bits per heavy atom. The van der Waals surface area contributed by atoms with Crippen molar-refractivity contribution in [3.05, 3.63) is 0 Å². The number of hydrogen-bond acceptors (Lipinski definition) is 2. The molecule has 84 valence electrons. The first kappa shape index (κ1) is 11.9. The third-order valence-corrected chi connectivity index (χ3v) is 4.03. The van der Waals surface area contributed by atoms with E-state index in [-0.39, 0.29) is 6.04 Å². The van der Waals surface area contributed by atoms with Crippen LogP contribution < -0.4 is 9.44 Å². The Labute approximate surface area is 86.6 Å². The van der Waals surface area contributed by atoms with Crippen LogP contribution in [0.3, 0.4) is 0 Å². The van der Waals surface area contributed by atoms with Gasteiger partial charge in [0.15, 0.2) is 0 Å². The molecule has 0 aromatic heterocycles. The molecule has 1 aliphatic rings. The molecular weight excluding hydrogens is 200 g/mol. The molecular formula is C9H20N2O2S. The maximum atomic E-state index is 11.4. The summed E-state index contributed by atoms with van der Waals surface area (Å²) in [7, 11) is -3.26. The van der Waals surface area contributed by atoms with Crippen LogP contribution >= 0.6 is 0 Å². The first-order chi connectivity index (χ1) is 6.55. The minimum absolute atomic E-state index is 0.118. The number of hydrogen-bond donors (Lipinski definition) is 2. The van der Waals surface area contributed by atoms with Crippen molar-refractivity contribution in [2.24, 2.45) is 5.92 Å². The molecule has 1 saturated carbocycles. The molecule has 4 nitrogen and oxygen atoms in total. The molecule has 0 heterocycles. The summed E-state index contributed by atoms with van der Waals surface area (Å²) in [5.74, 6) is 0.456. The van der Waals surface area contributed by atoms with Gasteiger partial charge in [0.2, 0.25) is 0 Å². The Morgan fingerprint density at radius 1 is 1.29 bits per heavy atom. The highest BCUT2D eigenvalue weighted by atomic mass is 32.2. The van der Waals surface area contributed by atoms with Crippen LogP contribution in [-0.4, -0.2) is 21.0 Å². The highest BCUT2D eigenvalue weighted by Crippen LogP contribution is 2.23. The van der Waals surface area contributed by atoms with Crippen molar-refractivity contribution < 1.29 is 8.42 Å². The molecule has 2 atom stereocenters. The molecule has 0 amide bonds. The highest BCUT2D eigenvalue weighted by molar-refractivity contribution is 7.87. The van der Waals surface area contributed by atoms with Gasteiger partial charge in [-0.25, -0.2) is 4.72 Å². The Morgan fingerprint density at radius 3 is 2.50 bits per heavy atom. The van der Waals surface area contributed by atoms with Crippen molar-refractivity contribution in [3.8, 4) is 0 Å². The normalized spacial score (nSPS) is 29.0. The predicted octanol–water partition coefficient (Wildman–Crippen LogP) is 1.01. The fraction of sp³-hybridized carbons (Fsp3) is 1.00. The molecule has 5 heteroatoms. The van der Waals surface area contributed by atoms with E-state index in [9.17, 15) is 8.42 Å². The molecule has 0 saturated heterocycles. The first-order valence-corrected chi connectivity index (χ1v) is 6.80. The lowest BCUT2D eigenvalue weighted by molar-refractivity contribution is 0.309. The Balaban J connectivity index is 2.49. The van der Waals surface area contributed by atoms with Gasteiger partial charge in [-0.1, -0.05) is 26.7 Å². The quantitative estimate of drug-likeness (QED) is 0.743. The zero-order valence-corrected chi connectivity index (χ0v) is 9.73. The predicted molar refractivity (Wildman–Crippen MR) is 57.2 cm³/mol. The second-order valence-electron chi connectivity index (χ2n) is 3.99. The van der Waals surface area contributed by atoms with Gasteiger partial charge in [0.25, 0.3) is 10.2 Å². The minimum atomic E-state index is -3.26. The summed E-state index contributed by atoms with van der Waals surface area (Å²) in [5.41, 5.74) is 0. The summed E-state index contributed by atoms with van der Waals surface area (Å²) in [6.07, 6.45) is 4.44. The zero-order valence-electron chi connectivity index (χ0n) is 8.91. The number of rotatable bonds is 4. The van der Waals surface area contributed by atoms with E-state index in [4.69, 9.17) is 0 Å². The summed E-state index contributed by atoms with van der Waals surface area (Å²) < 4.78 is 28.0. The van der Waals surface area contributed by atoms with Gasteiger partial charge in [0.05, 0.1) is 0 Å². The lowest BCUT2D eigenvalue weighted by Crippen LogP contribution is -2.46. The summed E-state index contributed by atoms with van der Waals surface area (Å²) in [5, 5.41) is 0. The van der Waals surface area contributed by atoms with E-state index >= 15 is 0 Å². The molecule has 0 aromatic carbocycles. The van der Waals surface area contributed by atoms with Crippen LogP contribution in [-0.2, 0) is 10.2 Å². The van der Waals surface area contributed by atoms with Crippen LogP contribution in [0.1, 0.15) is 39.5 Å². The van der Waals surface area contributed by atoms with Gasteiger partial charge in [-0.15, -0.1) is 0 Å². The third-order valence-electron chi connectivity index (χ3n) is 2.75. The van der Waals surface area contributed by atoms with Gasteiger partial charge < -0.3 is 0 Å². The molecule has 0 aliphatic heterocycles. The molecule has 0 spiro atoms. The monoisotopic (exact) mass is 220 g/mol. The SMILES string of the molecule is CCNS(=O)(=O)NC1CCCCC1C. The van der Waals surface area contributed by atoms with Crippen molar-refractivity contribution in [3.63, 3.8) is 0 Å². The zero-order chi connectivity index (χ0) is 10.6. The highest BCUT2D eigenvalue weighted by Gasteiger charge is 2.24. The molecule has 0 radical (unpaired) electrons. The van der Waals surface area contributed by atoms with E-state index in [1.54, 1.807) is 6.92 Å². The standard InChI is InChI=1S/C9H20N2O2S/c1-3-10-14(12,13)11-9-7-5-4-6-8(9)2/h8-11H,3-7H2,1-2H3. The van der Waals surface area contributed by atoms with Crippen molar-refractivity contribution in [2.75, 3.05) is 6.54 Å². The van der Waals surface area contributed by atoms with E-state index in [2.05, 4.69) is 16.4 Å². The van der Waals surface area contributed by atoms with E-state index < -0.39 is 10.2 Å². The van der Waals surface area contributed by atoms with Gasteiger partial charge in [-0.05, 0) is 18.8 Å². The lowest BCUT2D eigenvalue weighted by Gasteiger charge is -2.29. The fourth-order valence-electron chi connectivity index (χ4n) is 1.92. The fourth-order valence-corrected chi connectivity index (χ4v) is 3.13. The topological polar surface area (TPSA) is 58.2 Å². The first-order valence-electron chi connectivity index (χ1n) is 5.32. The average Bonchev–Trinajstić information content (AvgIpc) is 2.08. The van der Waals surface area contributed by atoms with Gasteiger partial charge in [0, 0.05) is 12.6 Å². The van der Waals surface area contributed by atoms with Crippen LogP contribution in [0.15, 0.2) is 0 Å². The smallest absolute Gasteiger partial charge is 0.203 e. The molecule has 1 fully saturated rings. The third kappa shape index (κ3) is 3.55. The minimum Gasteiger partial charge on any atom is -0.203 e. The Kier molecular flexibility index (Phi) is 4.34. The molecule has 2 unspecified atom stereocenters. The van der Waals surface area contributed by atoms with E-state index in [1.165, 1.54) is 6.42 Å². The molecule has 0 bridgehead atoms. The summed E-state index contributed by atoms with van der Waals surface area (Å²) >= 11 is 0. The molecule has 1 rings (SSSR count). The molecule has 2 N–H and O–H groups in total. The van der Waals surface area contributed by atoms with Crippen molar-refractivity contribution in [1.82, 2.24) is 9.44 Å². The molecule has 0 aromatic rings. The summed E-state index contributed by atoms with van der Waals surface area (Å²) in [6.45, 7) is 4.33. The summed E-state index contributed by atoms with van der Waals surface area (Å²) in [6, 6.07) is 0.118. The number of nitrogens with one attached hydrogen (secondary N) is 2. The lowest BCUT2D eigenvalue weighted by atomic mass is 9.87. The summed E-state index contributed by atoms with van der Waals surface area (Å²) in [4.78, 5) is 0. The van der Waals surface area contributed by atoms with Crippen LogP contribution in [0.2, 0.25) is 0 Å². The van der Waals surface area contributed by atoms with E-state index in [1.807, 2.05) is 0 Å². The van der Waals surface area contributed by atoms with Crippen LogP contribution in [0.25, 0.3) is 0 Å². The van der Waals surface area contributed by atoms with Crippen molar-refractivity contribution >= 4 is 10.2 Å². The Bertz CT molecular complexity index is 264. The van der Waals surface area contributed by atoms with Gasteiger partial charge in [-0.3, -0.25) is 0 Å². The van der Waals surface area contributed by atoms with E-state index in [0.29, 0.717) is 12.5 Å². The van der Waals surface area contributed by atoms with Crippen LogP contribution in [0.5, 0.6) is 0 Å². The second-order valence-corrected chi connectivity index (χ2v) is 5.52. The maximum absolute atomic E-state index is 11.4. The van der Waals surface area contributed by atoms with Crippen molar-refractivity contribution in [1.29, 1.82) is 0 Å². The second kappa shape index (κ2) is 5.09. The molecule has 14 heavy (non-hydrogen) atoms. The average molecular weight is 220 g/mol. The van der Waals surface area contributed by atoms with Gasteiger partial charge in [-0.2, -0.15) is 13.1 Å².